The van der Waals surface area contributed by atoms with Gasteiger partial charge in [0.15, 0.2) is 6.61 Å². The Hall–Kier alpha value is -3.17. The fraction of sp³-hybridized carbons (Fsp3) is 0.400. The average molecular weight is 353 g/mol. The number of amides is 2. The standard InChI is InChI=1S/C15H19N3O7/c1-10(15(21)22)17(8-7-16-11(2)19)14(20)9-25-13-5-3-12(4-6-13)18(23)24/h3-6,10H,7-9H2,1-2H3,(H,16,19)(H,21,22). The third-order valence-electron chi connectivity index (χ3n) is 3.28. The molecule has 0 heterocycles. The van der Waals surface area contributed by atoms with E-state index in [-0.39, 0.29) is 30.4 Å². The van der Waals surface area contributed by atoms with Crippen LogP contribution in [0.15, 0.2) is 24.3 Å². The molecule has 1 aromatic carbocycles. The fourth-order valence-corrected chi connectivity index (χ4v) is 1.91. The molecule has 1 rings (SSSR count). The molecule has 0 aromatic heterocycles. The van der Waals surface area contributed by atoms with E-state index >= 15 is 0 Å². The van der Waals surface area contributed by atoms with E-state index in [1.54, 1.807) is 0 Å². The molecule has 1 unspecified atom stereocenters. The Balaban J connectivity index is 2.68. The number of nitrogens with zero attached hydrogens (tertiary/aromatic N) is 2. The summed E-state index contributed by atoms with van der Waals surface area (Å²) >= 11 is 0. The van der Waals surface area contributed by atoms with Gasteiger partial charge in [0.2, 0.25) is 5.91 Å². The van der Waals surface area contributed by atoms with E-state index in [1.165, 1.54) is 38.1 Å². The molecule has 1 atom stereocenters. The normalized spacial score (nSPS) is 11.3. The zero-order valence-corrected chi connectivity index (χ0v) is 13.8. The molecule has 0 aliphatic carbocycles. The summed E-state index contributed by atoms with van der Waals surface area (Å²) in [7, 11) is 0. The van der Waals surface area contributed by atoms with E-state index < -0.39 is 29.4 Å². The van der Waals surface area contributed by atoms with Crippen molar-refractivity contribution in [2.75, 3.05) is 19.7 Å². The number of nitro groups is 1. The lowest BCUT2D eigenvalue weighted by atomic mass is 10.2. The minimum absolute atomic E-state index is 0.00943. The van der Waals surface area contributed by atoms with Crippen LogP contribution in [0.4, 0.5) is 5.69 Å². The van der Waals surface area contributed by atoms with Crippen LogP contribution in [0.25, 0.3) is 0 Å². The second-order valence-corrected chi connectivity index (χ2v) is 5.12. The van der Waals surface area contributed by atoms with Crippen molar-refractivity contribution in [2.45, 2.75) is 19.9 Å². The Morgan fingerprint density at radius 2 is 1.92 bits per heavy atom. The smallest absolute Gasteiger partial charge is 0.326 e. The number of carbonyl (C=O) groups excluding carboxylic acids is 2. The largest absolute Gasteiger partial charge is 0.484 e. The van der Waals surface area contributed by atoms with Gasteiger partial charge in [0.25, 0.3) is 11.6 Å². The van der Waals surface area contributed by atoms with Crippen molar-refractivity contribution < 1.29 is 29.2 Å². The lowest BCUT2D eigenvalue weighted by Gasteiger charge is -2.26. The summed E-state index contributed by atoms with van der Waals surface area (Å²) < 4.78 is 5.25. The van der Waals surface area contributed by atoms with Crippen LogP contribution < -0.4 is 10.1 Å². The Morgan fingerprint density at radius 1 is 1.32 bits per heavy atom. The summed E-state index contributed by atoms with van der Waals surface area (Å²) in [5.41, 5.74) is -0.116. The van der Waals surface area contributed by atoms with Gasteiger partial charge in [-0.05, 0) is 19.1 Å². The molecule has 0 bridgehead atoms. The lowest BCUT2D eigenvalue weighted by molar-refractivity contribution is -0.384. The van der Waals surface area contributed by atoms with Crippen molar-refractivity contribution in [1.82, 2.24) is 10.2 Å². The molecule has 0 spiro atoms. The first-order valence-electron chi connectivity index (χ1n) is 7.36. The van der Waals surface area contributed by atoms with E-state index in [4.69, 9.17) is 9.84 Å². The highest BCUT2D eigenvalue weighted by atomic mass is 16.6. The van der Waals surface area contributed by atoms with Gasteiger partial charge in [0.05, 0.1) is 4.92 Å². The summed E-state index contributed by atoms with van der Waals surface area (Å²) in [4.78, 5) is 45.3. The molecule has 136 valence electrons. The highest BCUT2D eigenvalue weighted by Crippen LogP contribution is 2.17. The summed E-state index contributed by atoms with van der Waals surface area (Å²) in [5.74, 6) is -1.83. The molecule has 10 heteroatoms. The van der Waals surface area contributed by atoms with Crippen molar-refractivity contribution >= 4 is 23.5 Å². The first-order chi connectivity index (χ1) is 11.7. The Kier molecular flexibility index (Phi) is 7.32. The number of aliphatic carboxylic acids is 1. The first-order valence-corrected chi connectivity index (χ1v) is 7.36. The van der Waals surface area contributed by atoms with Gasteiger partial charge in [-0.2, -0.15) is 0 Å². The van der Waals surface area contributed by atoms with Gasteiger partial charge < -0.3 is 20.1 Å². The minimum atomic E-state index is -1.19. The molecule has 0 fully saturated rings. The number of carbonyl (C=O) groups is 3. The summed E-state index contributed by atoms with van der Waals surface area (Å²) in [5, 5.41) is 22.1. The quantitative estimate of drug-likeness (QED) is 0.484. The molecule has 0 saturated carbocycles. The van der Waals surface area contributed by atoms with Gasteiger partial charge in [-0.3, -0.25) is 19.7 Å². The van der Waals surface area contributed by atoms with E-state index in [2.05, 4.69) is 5.32 Å². The molecule has 25 heavy (non-hydrogen) atoms. The zero-order valence-electron chi connectivity index (χ0n) is 13.8. The number of nitro benzene ring substituents is 1. The van der Waals surface area contributed by atoms with Crippen LogP contribution in [0.3, 0.4) is 0 Å². The number of ether oxygens (including phenoxy) is 1. The van der Waals surface area contributed by atoms with Crippen LogP contribution in [0, 0.1) is 10.1 Å². The highest BCUT2D eigenvalue weighted by Gasteiger charge is 2.25. The predicted molar refractivity (Wildman–Crippen MR) is 86.1 cm³/mol. The number of non-ortho nitro benzene ring substituents is 1. The van der Waals surface area contributed by atoms with E-state index in [9.17, 15) is 24.5 Å². The average Bonchev–Trinajstić information content (AvgIpc) is 2.56. The zero-order chi connectivity index (χ0) is 19.0. The SMILES string of the molecule is CC(=O)NCCN(C(=O)COc1ccc([N+](=O)[O-])cc1)C(C)C(=O)O. The Labute approximate surface area is 143 Å². The van der Waals surface area contributed by atoms with Gasteiger partial charge in [0.1, 0.15) is 11.8 Å². The topological polar surface area (TPSA) is 139 Å². The van der Waals surface area contributed by atoms with Crippen molar-refractivity contribution in [1.29, 1.82) is 0 Å². The van der Waals surface area contributed by atoms with Crippen LogP contribution in [-0.4, -0.2) is 58.5 Å². The van der Waals surface area contributed by atoms with Crippen molar-refractivity contribution in [3.8, 4) is 5.75 Å². The number of carboxylic acids is 1. The maximum absolute atomic E-state index is 12.2. The monoisotopic (exact) mass is 353 g/mol. The van der Waals surface area contributed by atoms with Gasteiger partial charge >= 0.3 is 5.97 Å². The summed E-state index contributed by atoms with van der Waals surface area (Å²) in [6.45, 7) is 2.34. The van der Waals surface area contributed by atoms with Crippen LogP contribution in [0.2, 0.25) is 0 Å². The third-order valence-corrected chi connectivity index (χ3v) is 3.28. The molecule has 10 nitrogen and oxygen atoms in total. The number of rotatable bonds is 9. The second kappa shape index (κ2) is 9.21. The Bertz CT molecular complexity index is 645. The lowest BCUT2D eigenvalue weighted by Crippen LogP contribution is -2.48. The molecule has 0 aliphatic rings. The van der Waals surface area contributed by atoms with Gasteiger partial charge in [-0.15, -0.1) is 0 Å². The summed E-state index contributed by atoms with van der Waals surface area (Å²) in [6, 6.07) is 4.05. The Morgan fingerprint density at radius 3 is 2.40 bits per heavy atom. The maximum Gasteiger partial charge on any atom is 0.326 e. The van der Waals surface area contributed by atoms with E-state index in [1.807, 2.05) is 0 Å². The molecular formula is C15H19N3O7. The van der Waals surface area contributed by atoms with Gasteiger partial charge in [-0.1, -0.05) is 0 Å². The number of hydrogen-bond donors (Lipinski definition) is 2. The number of benzene rings is 1. The molecule has 0 saturated heterocycles. The van der Waals surface area contributed by atoms with Gasteiger partial charge in [-0.25, -0.2) is 4.79 Å². The van der Waals surface area contributed by atoms with Crippen molar-refractivity contribution in [2.24, 2.45) is 0 Å². The van der Waals surface area contributed by atoms with Gasteiger partial charge in [0, 0.05) is 32.1 Å². The van der Waals surface area contributed by atoms with E-state index in [0.717, 1.165) is 4.90 Å². The van der Waals surface area contributed by atoms with Crippen LogP contribution in [0.1, 0.15) is 13.8 Å². The minimum Gasteiger partial charge on any atom is -0.484 e. The number of carboxylic acid groups (broad SMARTS) is 1. The maximum atomic E-state index is 12.2. The molecule has 2 amide bonds. The third kappa shape index (κ3) is 6.45. The molecule has 0 aliphatic heterocycles. The van der Waals surface area contributed by atoms with Crippen LogP contribution in [0.5, 0.6) is 5.75 Å². The van der Waals surface area contributed by atoms with Crippen molar-refractivity contribution in [3.63, 3.8) is 0 Å². The summed E-state index contributed by atoms with van der Waals surface area (Å²) in [6.07, 6.45) is 0. The molecule has 1 aromatic rings. The first kappa shape index (κ1) is 19.9. The van der Waals surface area contributed by atoms with Crippen molar-refractivity contribution in [3.05, 3.63) is 34.4 Å². The highest BCUT2D eigenvalue weighted by molar-refractivity contribution is 5.84. The predicted octanol–water partition coefficient (Wildman–Crippen LogP) is 0.411. The fourth-order valence-electron chi connectivity index (χ4n) is 1.91. The second-order valence-electron chi connectivity index (χ2n) is 5.12. The number of hydrogen-bond acceptors (Lipinski definition) is 6. The molecule has 0 radical (unpaired) electrons. The molecular weight excluding hydrogens is 334 g/mol. The van der Waals surface area contributed by atoms with Crippen LogP contribution in [-0.2, 0) is 14.4 Å². The molecule has 2 N–H and O–H groups in total. The van der Waals surface area contributed by atoms with E-state index in [0.29, 0.717) is 0 Å². The number of nitrogens with one attached hydrogen (secondary N) is 1. The van der Waals surface area contributed by atoms with Crippen LogP contribution >= 0.6 is 0 Å².